The van der Waals surface area contributed by atoms with Gasteiger partial charge in [0.25, 0.3) is 0 Å². The third-order valence-corrected chi connectivity index (χ3v) is 5.56. The average Bonchev–Trinajstić information content (AvgIpc) is 3.26. The molecule has 0 spiro atoms. The fourth-order valence-corrected chi connectivity index (χ4v) is 3.94. The number of hydrogen-bond acceptors (Lipinski definition) is 6. The normalized spacial score (nSPS) is 10.7. The molecule has 1 aromatic carbocycles. The van der Waals surface area contributed by atoms with Gasteiger partial charge in [0.1, 0.15) is 5.75 Å². The Balaban J connectivity index is 1.63. The minimum Gasteiger partial charge on any atom is -0.497 e. The Bertz CT molecular complexity index is 887. The number of carbonyl (C=O) groups is 1. The molecule has 3 aromatic rings. The Morgan fingerprint density at radius 3 is 2.69 bits per heavy atom. The lowest BCUT2D eigenvalue weighted by Gasteiger charge is -2.07. The lowest BCUT2D eigenvalue weighted by atomic mass is 10.3. The summed E-state index contributed by atoms with van der Waals surface area (Å²) in [6.07, 6.45) is 0. The summed E-state index contributed by atoms with van der Waals surface area (Å²) in [5.41, 5.74) is 1.80. The lowest BCUT2D eigenvalue weighted by Crippen LogP contribution is -2.14. The Hall–Kier alpha value is -2.32. The number of amides is 1. The molecular weight excluding hydrogens is 368 g/mol. The SMILES string of the molecule is CCn1c(SCC(=O)Nc2ccc(OC)cc2)nnc1-c1csc(C)c1. The average molecular weight is 389 g/mol. The zero-order chi connectivity index (χ0) is 18.5. The highest BCUT2D eigenvalue weighted by atomic mass is 32.2. The predicted molar refractivity (Wildman–Crippen MR) is 106 cm³/mol. The summed E-state index contributed by atoms with van der Waals surface area (Å²) in [4.78, 5) is 13.4. The molecule has 1 amide bonds. The highest BCUT2D eigenvalue weighted by Gasteiger charge is 2.15. The minimum absolute atomic E-state index is 0.0845. The van der Waals surface area contributed by atoms with E-state index in [1.54, 1.807) is 18.4 Å². The number of methoxy groups -OCH3 is 1. The number of nitrogens with zero attached hydrogens (tertiary/aromatic N) is 3. The van der Waals surface area contributed by atoms with Crippen LogP contribution < -0.4 is 10.1 Å². The van der Waals surface area contributed by atoms with Crippen LogP contribution in [0.15, 0.2) is 40.9 Å². The molecule has 1 N–H and O–H groups in total. The number of aromatic nitrogens is 3. The smallest absolute Gasteiger partial charge is 0.234 e. The number of anilines is 1. The van der Waals surface area contributed by atoms with E-state index in [0.29, 0.717) is 0 Å². The van der Waals surface area contributed by atoms with Crippen LogP contribution >= 0.6 is 23.1 Å². The number of hydrogen-bond donors (Lipinski definition) is 1. The monoisotopic (exact) mass is 388 g/mol. The molecule has 0 aliphatic heterocycles. The molecule has 3 rings (SSSR count). The van der Waals surface area contributed by atoms with E-state index in [9.17, 15) is 4.79 Å². The molecule has 0 unspecified atom stereocenters. The van der Waals surface area contributed by atoms with E-state index in [4.69, 9.17) is 4.74 Å². The van der Waals surface area contributed by atoms with Crippen molar-refractivity contribution in [2.45, 2.75) is 25.5 Å². The van der Waals surface area contributed by atoms with Crippen molar-refractivity contribution in [2.24, 2.45) is 0 Å². The number of ether oxygens (including phenoxy) is 1. The van der Waals surface area contributed by atoms with Crippen molar-refractivity contribution in [3.8, 4) is 17.1 Å². The zero-order valence-corrected chi connectivity index (χ0v) is 16.5. The lowest BCUT2D eigenvalue weighted by molar-refractivity contribution is -0.113. The van der Waals surface area contributed by atoms with Crippen LogP contribution in [0.25, 0.3) is 11.4 Å². The van der Waals surface area contributed by atoms with Gasteiger partial charge in [-0.2, -0.15) is 0 Å². The van der Waals surface area contributed by atoms with Crippen LogP contribution in [0, 0.1) is 6.92 Å². The third-order valence-electron chi connectivity index (χ3n) is 3.73. The number of aryl methyl sites for hydroxylation is 1. The summed E-state index contributed by atoms with van der Waals surface area (Å²) in [5, 5.41) is 14.3. The quantitative estimate of drug-likeness (QED) is 0.618. The zero-order valence-electron chi connectivity index (χ0n) is 14.9. The van der Waals surface area contributed by atoms with Crippen LogP contribution in [0.5, 0.6) is 5.75 Å². The summed E-state index contributed by atoms with van der Waals surface area (Å²) in [6, 6.07) is 9.35. The van der Waals surface area contributed by atoms with E-state index < -0.39 is 0 Å². The Kier molecular flexibility index (Phi) is 5.95. The predicted octanol–water partition coefficient (Wildman–Crippen LogP) is 4.07. The van der Waals surface area contributed by atoms with E-state index in [-0.39, 0.29) is 11.7 Å². The van der Waals surface area contributed by atoms with E-state index >= 15 is 0 Å². The summed E-state index contributed by atoms with van der Waals surface area (Å²) in [6.45, 7) is 4.87. The van der Waals surface area contributed by atoms with Crippen LogP contribution in [-0.2, 0) is 11.3 Å². The molecule has 136 valence electrons. The highest BCUT2D eigenvalue weighted by molar-refractivity contribution is 7.99. The molecule has 0 aliphatic carbocycles. The third kappa shape index (κ3) is 4.25. The number of nitrogens with one attached hydrogen (secondary N) is 1. The first-order valence-electron chi connectivity index (χ1n) is 8.16. The molecule has 26 heavy (non-hydrogen) atoms. The molecular formula is C18H20N4O2S2. The molecule has 0 bridgehead atoms. The summed E-state index contributed by atoms with van der Waals surface area (Å²) >= 11 is 3.07. The van der Waals surface area contributed by atoms with Crippen molar-refractivity contribution in [1.29, 1.82) is 0 Å². The van der Waals surface area contributed by atoms with Crippen LogP contribution in [0.1, 0.15) is 11.8 Å². The second-order valence-corrected chi connectivity index (χ2v) is 7.62. The number of carbonyl (C=O) groups excluding carboxylic acids is 1. The summed E-state index contributed by atoms with van der Waals surface area (Å²) < 4.78 is 7.15. The van der Waals surface area contributed by atoms with Crippen LogP contribution in [-0.4, -0.2) is 33.5 Å². The summed E-state index contributed by atoms with van der Waals surface area (Å²) in [7, 11) is 1.61. The van der Waals surface area contributed by atoms with Crippen molar-refractivity contribution in [3.63, 3.8) is 0 Å². The first-order valence-corrected chi connectivity index (χ1v) is 10.0. The van der Waals surface area contributed by atoms with E-state index in [0.717, 1.165) is 34.5 Å². The van der Waals surface area contributed by atoms with E-state index in [1.165, 1.54) is 16.6 Å². The van der Waals surface area contributed by atoms with Crippen LogP contribution in [0.2, 0.25) is 0 Å². The van der Waals surface area contributed by atoms with Crippen molar-refractivity contribution in [2.75, 3.05) is 18.2 Å². The molecule has 0 saturated heterocycles. The van der Waals surface area contributed by atoms with Gasteiger partial charge in [0.15, 0.2) is 11.0 Å². The first kappa shape index (κ1) is 18.5. The second-order valence-electron chi connectivity index (χ2n) is 5.56. The van der Waals surface area contributed by atoms with Gasteiger partial charge in [0, 0.05) is 28.1 Å². The van der Waals surface area contributed by atoms with Crippen molar-refractivity contribution in [1.82, 2.24) is 14.8 Å². The molecule has 6 nitrogen and oxygen atoms in total. The largest absolute Gasteiger partial charge is 0.497 e. The number of benzene rings is 1. The second kappa shape index (κ2) is 8.37. The molecule has 8 heteroatoms. The van der Waals surface area contributed by atoms with Gasteiger partial charge in [0.2, 0.25) is 5.91 Å². The molecule has 0 atom stereocenters. The van der Waals surface area contributed by atoms with Gasteiger partial charge in [-0.15, -0.1) is 21.5 Å². The fraction of sp³-hybridized carbons (Fsp3) is 0.278. The standard InChI is InChI=1S/C18H20N4O2S2/c1-4-22-17(13-9-12(2)25-10-13)20-21-18(22)26-11-16(23)19-14-5-7-15(24-3)8-6-14/h5-10H,4,11H2,1-3H3,(H,19,23). The Labute approximate surface area is 160 Å². The topological polar surface area (TPSA) is 69.0 Å². The van der Waals surface area contributed by atoms with Gasteiger partial charge in [-0.25, -0.2) is 0 Å². The maximum Gasteiger partial charge on any atom is 0.234 e. The minimum atomic E-state index is -0.0845. The van der Waals surface area contributed by atoms with Gasteiger partial charge < -0.3 is 14.6 Å². The van der Waals surface area contributed by atoms with Crippen LogP contribution in [0.4, 0.5) is 5.69 Å². The maximum atomic E-state index is 12.2. The number of rotatable bonds is 7. The van der Waals surface area contributed by atoms with Crippen molar-refractivity contribution < 1.29 is 9.53 Å². The molecule has 0 aliphatic rings. The van der Waals surface area contributed by atoms with Gasteiger partial charge in [-0.3, -0.25) is 4.79 Å². The molecule has 2 heterocycles. The number of thiophene rings is 1. The van der Waals surface area contributed by atoms with Gasteiger partial charge in [-0.05, 0) is 44.2 Å². The Morgan fingerprint density at radius 1 is 1.31 bits per heavy atom. The van der Waals surface area contributed by atoms with E-state index in [1.807, 2.05) is 35.8 Å². The van der Waals surface area contributed by atoms with Gasteiger partial charge in [0.05, 0.1) is 12.9 Å². The maximum absolute atomic E-state index is 12.2. The fourth-order valence-electron chi connectivity index (χ4n) is 2.46. The van der Waals surface area contributed by atoms with Crippen molar-refractivity contribution in [3.05, 3.63) is 40.6 Å². The highest BCUT2D eigenvalue weighted by Crippen LogP contribution is 2.27. The van der Waals surface area contributed by atoms with E-state index in [2.05, 4.69) is 33.9 Å². The molecule has 2 aromatic heterocycles. The van der Waals surface area contributed by atoms with Crippen molar-refractivity contribution >= 4 is 34.7 Å². The summed E-state index contributed by atoms with van der Waals surface area (Å²) in [5.74, 6) is 1.78. The van der Waals surface area contributed by atoms with Gasteiger partial charge in [-0.1, -0.05) is 11.8 Å². The van der Waals surface area contributed by atoms with Crippen LogP contribution in [0.3, 0.4) is 0 Å². The van der Waals surface area contributed by atoms with Gasteiger partial charge >= 0.3 is 0 Å². The molecule has 0 saturated carbocycles. The Morgan fingerprint density at radius 2 is 2.08 bits per heavy atom. The number of thioether (sulfide) groups is 1. The molecule has 0 fully saturated rings. The first-order chi connectivity index (χ1) is 12.6. The molecule has 0 radical (unpaired) electrons.